The first-order valence-corrected chi connectivity index (χ1v) is 8.23. The second-order valence-corrected chi connectivity index (χ2v) is 6.45. The van der Waals surface area contributed by atoms with Crippen molar-refractivity contribution in [1.82, 2.24) is 9.97 Å². The number of nitrogens with zero attached hydrogens (tertiary/aromatic N) is 2. The van der Waals surface area contributed by atoms with Gasteiger partial charge in [-0.1, -0.05) is 13.2 Å². The van der Waals surface area contributed by atoms with E-state index in [-0.39, 0.29) is 5.56 Å². The van der Waals surface area contributed by atoms with E-state index in [0.29, 0.717) is 16.9 Å². The van der Waals surface area contributed by atoms with E-state index in [2.05, 4.69) is 23.1 Å². The van der Waals surface area contributed by atoms with Crippen LogP contribution in [0.5, 0.6) is 0 Å². The maximum atomic E-state index is 11.5. The molecule has 3 rings (SSSR count). The van der Waals surface area contributed by atoms with Crippen LogP contribution in [0, 0.1) is 6.92 Å². The van der Waals surface area contributed by atoms with Crippen LogP contribution in [-0.4, -0.2) is 21.0 Å². The Morgan fingerprint density at radius 2 is 1.73 bits per heavy atom. The van der Waals surface area contributed by atoms with Crippen molar-refractivity contribution in [3.8, 4) is 11.4 Å². The number of imidazole rings is 1. The minimum Gasteiger partial charge on any atom is -0.478 e. The van der Waals surface area contributed by atoms with Gasteiger partial charge in [0.05, 0.1) is 11.1 Å². The number of benzene rings is 2. The van der Waals surface area contributed by atoms with Crippen LogP contribution in [0.15, 0.2) is 61.0 Å². The van der Waals surface area contributed by atoms with Crippen molar-refractivity contribution in [2.24, 2.45) is 0 Å². The molecule has 132 valence electrons. The molecule has 5 heteroatoms. The quantitative estimate of drug-likeness (QED) is 0.673. The maximum absolute atomic E-state index is 11.5. The number of nitrogens with one attached hydrogen (secondary N) is 1. The summed E-state index contributed by atoms with van der Waals surface area (Å²) in [4.78, 5) is 21.2. The van der Waals surface area contributed by atoms with Gasteiger partial charge in [0, 0.05) is 22.6 Å². The Balaban J connectivity index is 2.05. The van der Waals surface area contributed by atoms with E-state index in [4.69, 9.17) is 0 Å². The predicted octanol–water partition coefficient (Wildman–Crippen LogP) is 5.11. The molecule has 1 heterocycles. The summed E-state index contributed by atoms with van der Waals surface area (Å²) >= 11 is 0. The molecule has 2 aromatic carbocycles. The lowest BCUT2D eigenvalue weighted by molar-refractivity contribution is 0.0698. The molecule has 0 unspecified atom stereocenters. The van der Waals surface area contributed by atoms with E-state index in [1.54, 1.807) is 6.07 Å². The van der Waals surface area contributed by atoms with Crippen LogP contribution in [0.1, 0.15) is 29.8 Å². The SMILES string of the molecule is C=C(C)N(C(=C)C)c1ccc(-c2nc3c(C(=O)O)cc(C)cc3[nH]2)cc1. The van der Waals surface area contributed by atoms with Gasteiger partial charge in [-0.3, -0.25) is 0 Å². The molecule has 0 fully saturated rings. The van der Waals surface area contributed by atoms with Crippen molar-refractivity contribution in [1.29, 1.82) is 0 Å². The number of aromatic amines is 1. The first-order chi connectivity index (χ1) is 12.3. The van der Waals surface area contributed by atoms with E-state index in [1.807, 2.05) is 56.0 Å². The van der Waals surface area contributed by atoms with Gasteiger partial charge in [0.2, 0.25) is 0 Å². The summed E-state index contributed by atoms with van der Waals surface area (Å²) in [6.45, 7) is 13.7. The molecular weight excluding hydrogens is 326 g/mol. The fourth-order valence-electron chi connectivity index (χ4n) is 3.10. The molecule has 0 amide bonds. The van der Waals surface area contributed by atoms with Gasteiger partial charge in [0.15, 0.2) is 0 Å². The van der Waals surface area contributed by atoms with Crippen molar-refractivity contribution in [2.75, 3.05) is 4.90 Å². The Labute approximate surface area is 152 Å². The topological polar surface area (TPSA) is 69.2 Å². The number of hydrogen-bond acceptors (Lipinski definition) is 3. The Bertz CT molecular complexity index is 1020. The van der Waals surface area contributed by atoms with Gasteiger partial charge in [0.25, 0.3) is 0 Å². The zero-order chi connectivity index (χ0) is 19.0. The fourth-order valence-corrected chi connectivity index (χ4v) is 3.10. The highest BCUT2D eigenvalue weighted by Gasteiger charge is 2.15. The number of aromatic carboxylic acids is 1. The highest BCUT2D eigenvalue weighted by molar-refractivity contribution is 6.02. The number of H-pyrrole nitrogens is 1. The number of hydrogen-bond donors (Lipinski definition) is 2. The second kappa shape index (κ2) is 6.52. The molecular formula is C21H21N3O2. The van der Waals surface area contributed by atoms with Gasteiger partial charge in [-0.25, -0.2) is 9.78 Å². The summed E-state index contributed by atoms with van der Waals surface area (Å²) in [6, 6.07) is 11.4. The molecule has 0 aliphatic heterocycles. The fraction of sp³-hybridized carbons (Fsp3) is 0.143. The van der Waals surface area contributed by atoms with E-state index < -0.39 is 5.97 Å². The molecule has 3 aromatic rings. The summed E-state index contributed by atoms with van der Waals surface area (Å²) < 4.78 is 0. The molecule has 0 spiro atoms. The zero-order valence-electron chi connectivity index (χ0n) is 15.1. The normalized spacial score (nSPS) is 10.7. The number of anilines is 1. The molecule has 26 heavy (non-hydrogen) atoms. The first kappa shape index (κ1) is 17.5. The third-order valence-electron chi connectivity index (χ3n) is 4.12. The van der Waals surface area contributed by atoms with E-state index >= 15 is 0 Å². The molecule has 0 atom stereocenters. The van der Waals surface area contributed by atoms with Crippen molar-refractivity contribution in [3.05, 3.63) is 72.1 Å². The summed E-state index contributed by atoms with van der Waals surface area (Å²) in [5.74, 6) is -0.345. The van der Waals surface area contributed by atoms with E-state index in [9.17, 15) is 9.90 Å². The average molecular weight is 347 g/mol. The largest absolute Gasteiger partial charge is 0.478 e. The number of rotatable bonds is 5. The lowest BCUT2D eigenvalue weighted by atomic mass is 10.1. The Morgan fingerprint density at radius 1 is 1.12 bits per heavy atom. The van der Waals surface area contributed by atoms with Gasteiger partial charge in [-0.05, 0) is 62.7 Å². The van der Waals surface area contributed by atoms with Crippen LogP contribution in [0.3, 0.4) is 0 Å². The number of aromatic nitrogens is 2. The molecule has 2 N–H and O–H groups in total. The van der Waals surface area contributed by atoms with Crippen molar-refractivity contribution >= 4 is 22.7 Å². The standard InChI is InChI=1S/C21H21N3O2/c1-12(2)24(13(3)4)16-8-6-15(7-9-16)20-22-18-11-14(5)10-17(21(25)26)19(18)23-20/h6-11H,1,3H2,2,4-5H3,(H,22,23)(H,25,26). The predicted molar refractivity (Wildman–Crippen MR) is 105 cm³/mol. The summed E-state index contributed by atoms with van der Waals surface area (Å²) in [5.41, 5.74) is 5.87. The summed E-state index contributed by atoms with van der Waals surface area (Å²) in [6.07, 6.45) is 0. The number of fused-ring (bicyclic) bond motifs is 1. The third-order valence-corrected chi connectivity index (χ3v) is 4.12. The molecule has 0 radical (unpaired) electrons. The van der Waals surface area contributed by atoms with Crippen LogP contribution in [0.25, 0.3) is 22.4 Å². The zero-order valence-corrected chi connectivity index (χ0v) is 15.1. The highest BCUT2D eigenvalue weighted by Crippen LogP contribution is 2.28. The van der Waals surface area contributed by atoms with Crippen LogP contribution in [0.2, 0.25) is 0 Å². The van der Waals surface area contributed by atoms with Crippen molar-refractivity contribution < 1.29 is 9.90 Å². The monoisotopic (exact) mass is 347 g/mol. The van der Waals surface area contributed by atoms with Crippen LogP contribution >= 0.6 is 0 Å². The molecule has 0 aliphatic rings. The number of aryl methyl sites for hydroxylation is 1. The number of carboxylic acids is 1. The second-order valence-electron chi connectivity index (χ2n) is 6.45. The van der Waals surface area contributed by atoms with Crippen LogP contribution in [0.4, 0.5) is 5.69 Å². The van der Waals surface area contributed by atoms with Crippen molar-refractivity contribution in [3.63, 3.8) is 0 Å². The van der Waals surface area contributed by atoms with E-state index in [0.717, 1.165) is 28.2 Å². The minimum atomic E-state index is -0.981. The van der Waals surface area contributed by atoms with Crippen LogP contribution < -0.4 is 4.90 Å². The Morgan fingerprint density at radius 3 is 2.27 bits per heavy atom. The summed E-state index contributed by atoms with van der Waals surface area (Å²) in [7, 11) is 0. The minimum absolute atomic E-state index is 0.204. The lowest BCUT2D eigenvalue weighted by Crippen LogP contribution is -2.16. The first-order valence-electron chi connectivity index (χ1n) is 8.23. The van der Waals surface area contributed by atoms with Crippen LogP contribution in [-0.2, 0) is 0 Å². The van der Waals surface area contributed by atoms with Gasteiger partial charge >= 0.3 is 5.97 Å². The molecule has 0 saturated heterocycles. The molecule has 0 saturated carbocycles. The molecule has 0 bridgehead atoms. The molecule has 5 nitrogen and oxygen atoms in total. The highest BCUT2D eigenvalue weighted by atomic mass is 16.4. The van der Waals surface area contributed by atoms with E-state index in [1.165, 1.54) is 0 Å². The Hall–Kier alpha value is -3.34. The molecule has 1 aromatic heterocycles. The van der Waals surface area contributed by atoms with Gasteiger partial charge < -0.3 is 15.0 Å². The van der Waals surface area contributed by atoms with Gasteiger partial charge in [-0.15, -0.1) is 0 Å². The number of allylic oxidation sites excluding steroid dienone is 2. The third kappa shape index (κ3) is 3.11. The van der Waals surface area contributed by atoms with Crippen molar-refractivity contribution in [2.45, 2.75) is 20.8 Å². The Kier molecular flexibility index (Phi) is 4.38. The maximum Gasteiger partial charge on any atom is 0.337 e. The number of carbonyl (C=O) groups is 1. The van der Waals surface area contributed by atoms with Gasteiger partial charge in [0.1, 0.15) is 11.3 Å². The summed E-state index contributed by atoms with van der Waals surface area (Å²) in [5, 5.41) is 9.41. The van der Waals surface area contributed by atoms with Gasteiger partial charge in [-0.2, -0.15) is 0 Å². The average Bonchev–Trinajstić information content (AvgIpc) is 2.97. The number of carboxylic acid groups (broad SMARTS) is 1. The molecule has 0 aliphatic carbocycles. The smallest absolute Gasteiger partial charge is 0.337 e. The lowest BCUT2D eigenvalue weighted by Gasteiger charge is -2.24.